The van der Waals surface area contributed by atoms with E-state index in [0.717, 1.165) is 25.1 Å². The number of aliphatic hydroxyl groups is 1. The Morgan fingerprint density at radius 2 is 2.10 bits per heavy atom. The molecule has 0 aliphatic heterocycles. The number of thiophene rings is 1. The van der Waals surface area contributed by atoms with Crippen molar-refractivity contribution in [2.24, 2.45) is 0 Å². The van der Waals surface area contributed by atoms with Gasteiger partial charge in [0, 0.05) is 42.3 Å². The molecule has 0 aliphatic rings. The molecule has 1 N–H and O–H groups in total. The first kappa shape index (κ1) is 15.7. The van der Waals surface area contributed by atoms with Gasteiger partial charge in [-0.05, 0) is 42.6 Å². The van der Waals surface area contributed by atoms with Gasteiger partial charge in [-0.25, -0.2) is 0 Å². The maximum Gasteiger partial charge on any atom is 0.0540 e. The van der Waals surface area contributed by atoms with E-state index in [1.807, 2.05) is 12.4 Å². The summed E-state index contributed by atoms with van der Waals surface area (Å²) in [6.07, 6.45) is 5.23. The molecule has 2 aromatic heterocycles. The van der Waals surface area contributed by atoms with E-state index in [9.17, 15) is 0 Å². The molecule has 110 valence electrons. The quantitative estimate of drug-likeness (QED) is 0.833. The van der Waals surface area contributed by atoms with Crippen molar-refractivity contribution < 1.29 is 5.11 Å². The van der Waals surface area contributed by atoms with Crippen LogP contribution in [0, 0.1) is 11.8 Å². The van der Waals surface area contributed by atoms with E-state index in [4.69, 9.17) is 5.11 Å². The topological polar surface area (TPSA) is 36.4 Å². The Labute approximate surface area is 130 Å². The highest BCUT2D eigenvalue weighted by Crippen LogP contribution is 2.17. The third kappa shape index (κ3) is 5.31. The molecule has 0 saturated carbocycles. The lowest BCUT2D eigenvalue weighted by atomic mass is 10.2. The fourth-order valence-corrected chi connectivity index (χ4v) is 2.89. The molecule has 0 aliphatic carbocycles. The molecule has 2 aromatic rings. The van der Waals surface area contributed by atoms with Crippen LogP contribution in [0.3, 0.4) is 0 Å². The average molecular weight is 300 g/mol. The number of nitrogens with zero attached hydrogens (tertiary/aromatic N) is 2. The molecule has 0 amide bonds. The van der Waals surface area contributed by atoms with Crippen LogP contribution in [0.25, 0.3) is 0 Å². The fraction of sp³-hybridized carbons (Fsp3) is 0.353. The number of hydrogen-bond donors (Lipinski definition) is 1. The molecule has 4 heteroatoms. The molecule has 0 saturated heterocycles. The SMILES string of the molecule is CN(CCc1ccncc1)Cc1sccc1C#CCCO. The fourth-order valence-electron chi connectivity index (χ4n) is 1.98. The number of hydrogen-bond acceptors (Lipinski definition) is 4. The summed E-state index contributed by atoms with van der Waals surface area (Å²) in [6.45, 7) is 2.04. The Hall–Kier alpha value is -1.67. The molecule has 0 bridgehead atoms. The van der Waals surface area contributed by atoms with E-state index in [1.165, 1.54) is 10.4 Å². The first-order chi connectivity index (χ1) is 10.3. The van der Waals surface area contributed by atoms with Crippen LogP contribution in [0.15, 0.2) is 36.0 Å². The lowest BCUT2D eigenvalue weighted by molar-refractivity contribution is 0.305. The van der Waals surface area contributed by atoms with Crippen LogP contribution in [0.1, 0.15) is 22.4 Å². The van der Waals surface area contributed by atoms with E-state index in [-0.39, 0.29) is 6.61 Å². The van der Waals surface area contributed by atoms with Crippen molar-refractivity contribution in [3.8, 4) is 11.8 Å². The summed E-state index contributed by atoms with van der Waals surface area (Å²) < 4.78 is 0. The number of rotatable bonds is 6. The smallest absolute Gasteiger partial charge is 0.0540 e. The van der Waals surface area contributed by atoms with Gasteiger partial charge in [0.15, 0.2) is 0 Å². The van der Waals surface area contributed by atoms with Crippen LogP contribution in [-0.4, -0.2) is 35.2 Å². The van der Waals surface area contributed by atoms with E-state index in [2.05, 4.69) is 52.4 Å². The number of aliphatic hydroxyl groups excluding tert-OH is 1. The first-order valence-electron chi connectivity index (χ1n) is 7.03. The Kier molecular flexibility index (Phi) is 6.42. The Balaban J connectivity index is 1.87. The summed E-state index contributed by atoms with van der Waals surface area (Å²) in [7, 11) is 2.13. The van der Waals surface area contributed by atoms with Gasteiger partial charge in [-0.1, -0.05) is 11.8 Å². The van der Waals surface area contributed by atoms with Crippen LogP contribution >= 0.6 is 11.3 Å². The normalized spacial score (nSPS) is 10.4. The molecule has 0 fully saturated rings. The molecule has 2 rings (SSSR count). The molecular weight excluding hydrogens is 280 g/mol. The largest absolute Gasteiger partial charge is 0.395 e. The predicted octanol–water partition coefficient (Wildman–Crippen LogP) is 2.55. The maximum absolute atomic E-state index is 8.78. The van der Waals surface area contributed by atoms with E-state index < -0.39 is 0 Å². The van der Waals surface area contributed by atoms with E-state index >= 15 is 0 Å². The summed E-state index contributed by atoms with van der Waals surface area (Å²) >= 11 is 1.74. The second-order valence-electron chi connectivity index (χ2n) is 4.88. The van der Waals surface area contributed by atoms with Crippen LogP contribution in [0.5, 0.6) is 0 Å². The van der Waals surface area contributed by atoms with Crippen LogP contribution < -0.4 is 0 Å². The van der Waals surface area contributed by atoms with Crippen molar-refractivity contribution in [1.29, 1.82) is 0 Å². The molecule has 2 heterocycles. The first-order valence-corrected chi connectivity index (χ1v) is 7.91. The van der Waals surface area contributed by atoms with E-state index in [1.54, 1.807) is 11.3 Å². The Morgan fingerprint density at radius 3 is 2.86 bits per heavy atom. The van der Waals surface area contributed by atoms with Gasteiger partial charge < -0.3 is 10.0 Å². The van der Waals surface area contributed by atoms with Crippen molar-refractivity contribution in [3.05, 3.63) is 52.0 Å². The zero-order valence-corrected chi connectivity index (χ0v) is 13.1. The number of pyridine rings is 1. The van der Waals surface area contributed by atoms with Crippen molar-refractivity contribution in [3.63, 3.8) is 0 Å². The maximum atomic E-state index is 8.78. The molecule has 3 nitrogen and oxygen atoms in total. The molecular formula is C17H20N2OS. The van der Waals surface area contributed by atoms with Crippen molar-refractivity contribution in [2.75, 3.05) is 20.2 Å². The van der Waals surface area contributed by atoms with Crippen molar-refractivity contribution >= 4 is 11.3 Å². The minimum absolute atomic E-state index is 0.123. The minimum atomic E-state index is 0.123. The lowest BCUT2D eigenvalue weighted by Crippen LogP contribution is -2.20. The molecule has 0 unspecified atom stereocenters. The van der Waals surface area contributed by atoms with Crippen LogP contribution in [0.4, 0.5) is 0 Å². The van der Waals surface area contributed by atoms with Crippen molar-refractivity contribution in [2.45, 2.75) is 19.4 Å². The zero-order valence-electron chi connectivity index (χ0n) is 12.2. The summed E-state index contributed by atoms with van der Waals surface area (Å²) in [6, 6.07) is 6.18. The van der Waals surface area contributed by atoms with E-state index in [0.29, 0.717) is 6.42 Å². The molecule has 0 radical (unpaired) electrons. The number of aromatic nitrogens is 1. The van der Waals surface area contributed by atoms with Gasteiger partial charge in [-0.15, -0.1) is 11.3 Å². The van der Waals surface area contributed by atoms with Crippen molar-refractivity contribution in [1.82, 2.24) is 9.88 Å². The summed E-state index contributed by atoms with van der Waals surface area (Å²) in [5.74, 6) is 6.13. The molecule has 0 spiro atoms. The van der Waals surface area contributed by atoms with Gasteiger partial charge in [-0.3, -0.25) is 4.98 Å². The van der Waals surface area contributed by atoms with Gasteiger partial charge in [0.05, 0.1) is 6.61 Å². The van der Waals surface area contributed by atoms with Gasteiger partial charge >= 0.3 is 0 Å². The highest BCUT2D eigenvalue weighted by atomic mass is 32.1. The third-order valence-electron chi connectivity index (χ3n) is 3.15. The predicted molar refractivity (Wildman–Crippen MR) is 87.2 cm³/mol. The Morgan fingerprint density at radius 1 is 1.29 bits per heavy atom. The molecule has 0 aromatic carbocycles. The van der Waals surface area contributed by atoms with Gasteiger partial charge in [0.1, 0.15) is 0 Å². The average Bonchev–Trinajstić information content (AvgIpc) is 2.94. The highest BCUT2D eigenvalue weighted by molar-refractivity contribution is 7.10. The third-order valence-corrected chi connectivity index (χ3v) is 4.06. The monoisotopic (exact) mass is 300 g/mol. The summed E-state index contributed by atoms with van der Waals surface area (Å²) in [5.41, 5.74) is 2.40. The van der Waals surface area contributed by atoms with Crippen LogP contribution in [0.2, 0.25) is 0 Å². The summed E-state index contributed by atoms with van der Waals surface area (Å²) in [4.78, 5) is 7.63. The molecule has 21 heavy (non-hydrogen) atoms. The second kappa shape index (κ2) is 8.58. The molecule has 0 atom stereocenters. The second-order valence-corrected chi connectivity index (χ2v) is 5.88. The lowest BCUT2D eigenvalue weighted by Gasteiger charge is -2.15. The highest BCUT2D eigenvalue weighted by Gasteiger charge is 2.06. The standard InChI is InChI=1S/C17H20N2OS/c1-19(11-7-15-5-9-18-10-6-15)14-17-16(8-13-21-17)4-2-3-12-20/h5-6,8-10,13,20H,3,7,11-12,14H2,1H3. The van der Waals surface area contributed by atoms with Gasteiger partial charge in [-0.2, -0.15) is 0 Å². The van der Waals surface area contributed by atoms with Crippen LogP contribution in [-0.2, 0) is 13.0 Å². The zero-order chi connectivity index (χ0) is 14.9. The summed E-state index contributed by atoms with van der Waals surface area (Å²) in [5, 5.41) is 10.9. The Bertz CT molecular complexity index is 598. The number of likely N-dealkylation sites (N-methyl/N-ethyl adjacent to an activating group) is 1. The van der Waals surface area contributed by atoms with Gasteiger partial charge in [0.25, 0.3) is 0 Å². The van der Waals surface area contributed by atoms with Gasteiger partial charge in [0.2, 0.25) is 0 Å². The minimum Gasteiger partial charge on any atom is -0.395 e.